The number of nitrogens with one attached hydrogen (secondary N) is 4. The molecule has 1 atom stereocenters. The minimum atomic E-state index is -0.503. The molecule has 2 aromatic rings. The Morgan fingerprint density at radius 3 is 2.92 bits per heavy atom. The van der Waals surface area contributed by atoms with Crippen molar-refractivity contribution in [2.24, 2.45) is 5.92 Å². The van der Waals surface area contributed by atoms with Gasteiger partial charge in [0.1, 0.15) is 5.82 Å². The second-order valence-electron chi connectivity index (χ2n) is 6.57. The Morgan fingerprint density at radius 1 is 1.31 bits per heavy atom. The molecular formula is C19H24FN5O. The Morgan fingerprint density at radius 2 is 2.19 bits per heavy atom. The fourth-order valence-electron chi connectivity index (χ4n) is 2.91. The van der Waals surface area contributed by atoms with Crippen molar-refractivity contribution in [1.29, 1.82) is 0 Å². The molecule has 0 radical (unpaired) electrons. The Labute approximate surface area is 152 Å². The number of aromatic nitrogens is 1. The third-order valence-corrected chi connectivity index (χ3v) is 4.37. The summed E-state index contributed by atoms with van der Waals surface area (Å²) < 4.78 is 14.0. The van der Waals surface area contributed by atoms with Gasteiger partial charge in [-0.1, -0.05) is 6.07 Å². The number of benzene rings is 1. The number of hydrogen-bond donors (Lipinski definition) is 4. The largest absolute Gasteiger partial charge is 0.323 e. The number of carbonyl (C=O) groups is 1. The molecule has 138 valence electrons. The van der Waals surface area contributed by atoms with Crippen molar-refractivity contribution in [1.82, 2.24) is 15.6 Å². The Kier molecular flexibility index (Phi) is 6.14. The molecule has 0 saturated carbocycles. The molecule has 2 heterocycles. The fourth-order valence-corrected chi connectivity index (χ4v) is 2.91. The van der Waals surface area contributed by atoms with Crippen LogP contribution in [-0.2, 0) is 6.54 Å². The average Bonchev–Trinajstić information content (AvgIpc) is 3.13. The number of urea groups is 1. The lowest BCUT2D eigenvalue weighted by molar-refractivity contribution is 0.262. The molecule has 1 aliphatic heterocycles. The smallest absolute Gasteiger partial charge is 0.316 e. The van der Waals surface area contributed by atoms with Crippen LogP contribution in [0, 0.1) is 18.7 Å². The summed E-state index contributed by atoms with van der Waals surface area (Å²) in [4.78, 5) is 16.2. The highest BCUT2D eigenvalue weighted by molar-refractivity contribution is 5.99. The lowest BCUT2D eigenvalue weighted by Gasteiger charge is -2.12. The van der Waals surface area contributed by atoms with Crippen LogP contribution >= 0.6 is 0 Å². The SMILES string of the molecule is Cc1ccc(NC(=O)Nc2cc(CNC[C@H]3CCNC3)ccc2F)cn1. The molecule has 1 aromatic heterocycles. The van der Waals surface area contributed by atoms with E-state index >= 15 is 0 Å². The molecule has 2 amide bonds. The summed E-state index contributed by atoms with van der Waals surface area (Å²) in [6.07, 6.45) is 2.74. The van der Waals surface area contributed by atoms with Gasteiger partial charge in [-0.2, -0.15) is 0 Å². The van der Waals surface area contributed by atoms with E-state index < -0.39 is 11.8 Å². The number of halogens is 1. The molecule has 1 aliphatic rings. The zero-order valence-corrected chi connectivity index (χ0v) is 14.8. The Hall–Kier alpha value is -2.51. The van der Waals surface area contributed by atoms with Crippen molar-refractivity contribution in [3.05, 3.63) is 53.6 Å². The predicted molar refractivity (Wildman–Crippen MR) is 101 cm³/mol. The summed E-state index contributed by atoms with van der Waals surface area (Å²) in [6, 6.07) is 7.79. The first kappa shape index (κ1) is 18.3. The number of pyridine rings is 1. The van der Waals surface area contributed by atoms with Gasteiger partial charge in [0.25, 0.3) is 0 Å². The lowest BCUT2D eigenvalue weighted by atomic mass is 10.1. The first-order valence-corrected chi connectivity index (χ1v) is 8.80. The van der Waals surface area contributed by atoms with E-state index in [9.17, 15) is 9.18 Å². The highest BCUT2D eigenvalue weighted by atomic mass is 19.1. The summed E-state index contributed by atoms with van der Waals surface area (Å²) in [7, 11) is 0. The van der Waals surface area contributed by atoms with Crippen molar-refractivity contribution >= 4 is 17.4 Å². The van der Waals surface area contributed by atoms with Gasteiger partial charge < -0.3 is 21.3 Å². The van der Waals surface area contributed by atoms with Crippen LogP contribution in [0.1, 0.15) is 17.7 Å². The molecule has 0 aliphatic carbocycles. The maximum absolute atomic E-state index is 14.0. The number of amides is 2. The summed E-state index contributed by atoms with van der Waals surface area (Å²) in [5.41, 5.74) is 2.49. The zero-order valence-electron chi connectivity index (χ0n) is 14.8. The van der Waals surface area contributed by atoms with Gasteiger partial charge in [-0.25, -0.2) is 9.18 Å². The van der Waals surface area contributed by atoms with Gasteiger partial charge in [-0.3, -0.25) is 4.98 Å². The van der Waals surface area contributed by atoms with Gasteiger partial charge in [-0.15, -0.1) is 0 Å². The second kappa shape index (κ2) is 8.73. The van der Waals surface area contributed by atoms with Crippen LogP contribution in [0.4, 0.5) is 20.6 Å². The molecule has 1 aromatic carbocycles. The summed E-state index contributed by atoms with van der Waals surface area (Å²) >= 11 is 0. The predicted octanol–water partition coefficient (Wildman–Crippen LogP) is 2.87. The van der Waals surface area contributed by atoms with Crippen LogP contribution in [-0.4, -0.2) is 30.6 Å². The van der Waals surface area contributed by atoms with Crippen LogP contribution in [0.3, 0.4) is 0 Å². The molecule has 6 nitrogen and oxygen atoms in total. The molecule has 0 unspecified atom stereocenters. The number of carbonyl (C=O) groups excluding carboxylic acids is 1. The standard InChI is InChI=1S/C19H24FN5O/c1-13-2-4-16(12-23-13)24-19(26)25-18-8-14(3-5-17(18)20)9-22-11-15-6-7-21-10-15/h2-5,8,12,15,21-22H,6-7,9-11H2,1H3,(H2,24,25,26)/t15-/m0/s1. The maximum atomic E-state index is 14.0. The van der Waals surface area contributed by atoms with E-state index in [2.05, 4.69) is 26.3 Å². The monoisotopic (exact) mass is 357 g/mol. The van der Waals surface area contributed by atoms with Gasteiger partial charge in [0, 0.05) is 12.2 Å². The highest BCUT2D eigenvalue weighted by Gasteiger charge is 2.14. The molecule has 1 fully saturated rings. The Balaban J connectivity index is 1.54. The van der Waals surface area contributed by atoms with Crippen molar-refractivity contribution in [3.8, 4) is 0 Å². The first-order valence-electron chi connectivity index (χ1n) is 8.80. The Bertz CT molecular complexity index is 744. The summed E-state index contributed by atoms with van der Waals surface area (Å²) in [6.45, 7) is 5.53. The quantitative estimate of drug-likeness (QED) is 0.641. The zero-order chi connectivity index (χ0) is 18.4. The second-order valence-corrected chi connectivity index (χ2v) is 6.57. The minimum Gasteiger partial charge on any atom is -0.316 e. The molecule has 0 spiro atoms. The van der Waals surface area contributed by atoms with Crippen molar-refractivity contribution in [3.63, 3.8) is 0 Å². The van der Waals surface area contributed by atoms with Crippen molar-refractivity contribution in [2.45, 2.75) is 19.9 Å². The number of nitrogens with zero attached hydrogens (tertiary/aromatic N) is 1. The normalized spacial score (nSPS) is 16.5. The average molecular weight is 357 g/mol. The van der Waals surface area contributed by atoms with E-state index in [4.69, 9.17) is 0 Å². The van der Waals surface area contributed by atoms with E-state index in [0.717, 1.165) is 30.9 Å². The molecule has 3 rings (SSSR count). The summed E-state index contributed by atoms with van der Waals surface area (Å²) in [5.74, 6) is 0.174. The van der Waals surface area contributed by atoms with Gasteiger partial charge in [0.2, 0.25) is 0 Å². The van der Waals surface area contributed by atoms with E-state index in [1.54, 1.807) is 30.5 Å². The van der Waals surface area contributed by atoms with Gasteiger partial charge >= 0.3 is 6.03 Å². The van der Waals surface area contributed by atoms with Crippen LogP contribution in [0.25, 0.3) is 0 Å². The van der Waals surface area contributed by atoms with Gasteiger partial charge in [0.05, 0.1) is 17.6 Å². The number of rotatable bonds is 6. The fraction of sp³-hybridized carbons (Fsp3) is 0.368. The van der Waals surface area contributed by atoms with Gasteiger partial charge in [0.15, 0.2) is 0 Å². The van der Waals surface area contributed by atoms with E-state index in [0.29, 0.717) is 18.2 Å². The van der Waals surface area contributed by atoms with Crippen molar-refractivity contribution in [2.75, 3.05) is 30.3 Å². The topological polar surface area (TPSA) is 78.1 Å². The molecular weight excluding hydrogens is 333 g/mol. The van der Waals surface area contributed by atoms with Crippen LogP contribution in [0.5, 0.6) is 0 Å². The van der Waals surface area contributed by atoms with Crippen molar-refractivity contribution < 1.29 is 9.18 Å². The molecule has 26 heavy (non-hydrogen) atoms. The maximum Gasteiger partial charge on any atom is 0.323 e. The lowest BCUT2D eigenvalue weighted by Crippen LogP contribution is -2.24. The molecule has 0 bridgehead atoms. The van der Waals surface area contributed by atoms with Crippen LogP contribution in [0.2, 0.25) is 0 Å². The van der Waals surface area contributed by atoms with E-state index in [1.165, 1.54) is 12.5 Å². The first-order chi connectivity index (χ1) is 12.6. The summed E-state index contributed by atoms with van der Waals surface area (Å²) in [5, 5.41) is 11.9. The van der Waals surface area contributed by atoms with Gasteiger partial charge in [-0.05, 0) is 68.7 Å². The van der Waals surface area contributed by atoms with E-state index in [1.807, 2.05) is 6.92 Å². The highest BCUT2D eigenvalue weighted by Crippen LogP contribution is 2.17. The third kappa shape index (κ3) is 5.24. The third-order valence-electron chi connectivity index (χ3n) is 4.37. The van der Waals surface area contributed by atoms with Crippen LogP contribution < -0.4 is 21.3 Å². The number of anilines is 2. The molecule has 7 heteroatoms. The van der Waals surface area contributed by atoms with E-state index in [-0.39, 0.29) is 5.69 Å². The molecule has 1 saturated heterocycles. The van der Waals surface area contributed by atoms with Crippen LogP contribution in [0.15, 0.2) is 36.5 Å². The molecule has 4 N–H and O–H groups in total. The minimum absolute atomic E-state index is 0.157. The number of aryl methyl sites for hydroxylation is 1. The number of hydrogen-bond acceptors (Lipinski definition) is 4.